The number of aliphatic carboxylic acids is 2. The summed E-state index contributed by atoms with van der Waals surface area (Å²) in [5.41, 5.74) is -0.727. The van der Waals surface area contributed by atoms with E-state index in [0.29, 0.717) is 19.3 Å². The molecule has 0 saturated heterocycles. The molecule has 0 rings (SSSR count). The SMILES string of the molecule is CC(CCCC(=O)CCCCC(C)(C)C(=O)O)CC(=O)O. The molecule has 0 radical (unpaired) electrons. The molecule has 0 aliphatic carbocycles. The molecule has 0 spiro atoms. The summed E-state index contributed by atoms with van der Waals surface area (Å²) in [4.78, 5) is 33.1. The van der Waals surface area contributed by atoms with Crippen LogP contribution in [0.15, 0.2) is 0 Å². The zero-order valence-corrected chi connectivity index (χ0v) is 13.4. The van der Waals surface area contributed by atoms with Gasteiger partial charge >= 0.3 is 11.9 Å². The first-order chi connectivity index (χ1) is 9.65. The predicted octanol–water partition coefficient (Wildman–Crippen LogP) is 3.51. The number of hydrogen-bond donors (Lipinski definition) is 2. The first kappa shape index (κ1) is 19.6. The summed E-state index contributed by atoms with van der Waals surface area (Å²) in [6.45, 7) is 5.27. The van der Waals surface area contributed by atoms with Crippen molar-refractivity contribution in [3.8, 4) is 0 Å². The second-order valence-corrected chi connectivity index (χ2v) is 6.53. The van der Waals surface area contributed by atoms with Gasteiger partial charge in [-0.2, -0.15) is 0 Å². The van der Waals surface area contributed by atoms with Crippen LogP contribution in [0.2, 0.25) is 0 Å². The van der Waals surface area contributed by atoms with Crippen molar-refractivity contribution in [2.45, 2.75) is 72.1 Å². The lowest BCUT2D eigenvalue weighted by Gasteiger charge is -2.18. The molecule has 0 aromatic carbocycles. The summed E-state index contributed by atoms with van der Waals surface area (Å²) in [5, 5.41) is 17.6. The molecule has 2 N–H and O–H groups in total. The standard InChI is InChI=1S/C16H28O5/c1-12(11-14(18)19)7-6-9-13(17)8-4-5-10-16(2,3)15(20)21/h12H,4-11H2,1-3H3,(H,18,19)(H,20,21). The summed E-state index contributed by atoms with van der Waals surface area (Å²) in [6, 6.07) is 0. The largest absolute Gasteiger partial charge is 0.481 e. The third-order valence-electron chi connectivity index (χ3n) is 3.76. The van der Waals surface area contributed by atoms with Crippen LogP contribution < -0.4 is 0 Å². The summed E-state index contributed by atoms with van der Waals surface area (Å²) < 4.78 is 0. The number of hydrogen-bond acceptors (Lipinski definition) is 3. The van der Waals surface area contributed by atoms with Crippen molar-refractivity contribution in [2.75, 3.05) is 0 Å². The molecule has 1 atom stereocenters. The maximum absolute atomic E-state index is 11.7. The second-order valence-electron chi connectivity index (χ2n) is 6.53. The third-order valence-corrected chi connectivity index (χ3v) is 3.76. The van der Waals surface area contributed by atoms with Crippen molar-refractivity contribution < 1.29 is 24.6 Å². The van der Waals surface area contributed by atoms with Crippen LogP contribution in [0.3, 0.4) is 0 Å². The Bertz CT molecular complexity index is 360. The van der Waals surface area contributed by atoms with Gasteiger partial charge in [-0.25, -0.2) is 0 Å². The molecular weight excluding hydrogens is 272 g/mol. The molecule has 5 nitrogen and oxygen atoms in total. The van der Waals surface area contributed by atoms with Gasteiger partial charge in [-0.15, -0.1) is 0 Å². The Balaban J connectivity index is 3.68. The minimum absolute atomic E-state index is 0.103. The number of Topliss-reactive ketones (excluding diaryl/α,β-unsaturated/α-hetero) is 1. The molecule has 0 aliphatic rings. The van der Waals surface area contributed by atoms with Gasteiger partial charge in [0.15, 0.2) is 0 Å². The lowest BCUT2D eigenvalue weighted by Crippen LogP contribution is -2.23. The number of unbranched alkanes of at least 4 members (excludes halogenated alkanes) is 1. The van der Waals surface area contributed by atoms with Crippen LogP contribution in [0.1, 0.15) is 72.1 Å². The second kappa shape index (κ2) is 9.53. The molecule has 5 heteroatoms. The van der Waals surface area contributed by atoms with Crippen LogP contribution in [-0.4, -0.2) is 27.9 Å². The highest BCUT2D eigenvalue weighted by Gasteiger charge is 2.26. The van der Waals surface area contributed by atoms with Gasteiger partial charge in [0.05, 0.1) is 5.41 Å². The first-order valence-electron chi connectivity index (χ1n) is 7.62. The number of carbonyl (C=O) groups is 3. The van der Waals surface area contributed by atoms with E-state index in [1.807, 2.05) is 6.92 Å². The van der Waals surface area contributed by atoms with Crippen LogP contribution in [0.4, 0.5) is 0 Å². The highest BCUT2D eigenvalue weighted by Crippen LogP contribution is 2.24. The smallest absolute Gasteiger partial charge is 0.309 e. The number of rotatable bonds is 12. The summed E-state index contributed by atoms with van der Waals surface area (Å²) in [7, 11) is 0. The maximum atomic E-state index is 11.7. The summed E-state index contributed by atoms with van der Waals surface area (Å²) >= 11 is 0. The summed E-state index contributed by atoms with van der Waals surface area (Å²) in [5.74, 6) is -1.31. The molecule has 0 aliphatic heterocycles. The minimum atomic E-state index is -0.804. The van der Waals surface area contributed by atoms with Crippen LogP contribution >= 0.6 is 0 Å². The van der Waals surface area contributed by atoms with E-state index >= 15 is 0 Å². The quantitative estimate of drug-likeness (QED) is 0.538. The molecule has 21 heavy (non-hydrogen) atoms. The molecule has 0 saturated carbocycles. The monoisotopic (exact) mass is 300 g/mol. The van der Waals surface area contributed by atoms with Gasteiger partial charge in [0, 0.05) is 19.3 Å². The maximum Gasteiger partial charge on any atom is 0.309 e. The van der Waals surface area contributed by atoms with Crippen LogP contribution in [0.5, 0.6) is 0 Å². The highest BCUT2D eigenvalue weighted by atomic mass is 16.4. The van der Waals surface area contributed by atoms with E-state index < -0.39 is 17.4 Å². The average Bonchev–Trinajstić information content (AvgIpc) is 2.33. The predicted molar refractivity (Wildman–Crippen MR) is 80.2 cm³/mol. The van der Waals surface area contributed by atoms with Gasteiger partial charge in [-0.05, 0) is 45.4 Å². The molecule has 0 aromatic rings. The molecule has 0 bridgehead atoms. The highest BCUT2D eigenvalue weighted by molar-refractivity contribution is 5.78. The molecule has 1 unspecified atom stereocenters. The Kier molecular flexibility index (Phi) is 8.90. The van der Waals surface area contributed by atoms with E-state index in [4.69, 9.17) is 10.2 Å². The van der Waals surface area contributed by atoms with Crippen molar-refractivity contribution in [1.82, 2.24) is 0 Å². The lowest BCUT2D eigenvalue weighted by molar-refractivity contribution is -0.147. The van der Waals surface area contributed by atoms with Crippen molar-refractivity contribution in [3.05, 3.63) is 0 Å². The Hall–Kier alpha value is -1.39. The zero-order chi connectivity index (χ0) is 16.5. The van der Waals surface area contributed by atoms with E-state index in [-0.39, 0.29) is 18.1 Å². The average molecular weight is 300 g/mol. The normalized spacial score (nSPS) is 12.9. The van der Waals surface area contributed by atoms with E-state index in [0.717, 1.165) is 25.7 Å². The fourth-order valence-electron chi connectivity index (χ4n) is 2.17. The number of carboxylic acids is 2. The van der Waals surface area contributed by atoms with E-state index in [1.165, 1.54) is 0 Å². The third kappa shape index (κ3) is 10.0. The van der Waals surface area contributed by atoms with Crippen LogP contribution in [-0.2, 0) is 14.4 Å². The zero-order valence-electron chi connectivity index (χ0n) is 13.4. The van der Waals surface area contributed by atoms with Gasteiger partial charge in [-0.1, -0.05) is 13.3 Å². The number of carboxylic acid groups (broad SMARTS) is 2. The Morgan fingerprint density at radius 1 is 1.00 bits per heavy atom. The molecule has 0 fully saturated rings. The topological polar surface area (TPSA) is 91.7 Å². The molecule has 0 aromatic heterocycles. The van der Waals surface area contributed by atoms with Gasteiger partial charge < -0.3 is 10.2 Å². The van der Waals surface area contributed by atoms with E-state index in [1.54, 1.807) is 13.8 Å². The lowest BCUT2D eigenvalue weighted by atomic mass is 9.87. The Morgan fingerprint density at radius 2 is 1.57 bits per heavy atom. The summed E-state index contributed by atoms with van der Waals surface area (Å²) in [6.07, 6.45) is 4.65. The fourth-order valence-corrected chi connectivity index (χ4v) is 2.17. The molecule has 122 valence electrons. The molecule has 0 amide bonds. The fraction of sp³-hybridized carbons (Fsp3) is 0.812. The molecular formula is C16H28O5. The Morgan fingerprint density at radius 3 is 2.10 bits per heavy atom. The van der Waals surface area contributed by atoms with Crippen molar-refractivity contribution in [2.24, 2.45) is 11.3 Å². The van der Waals surface area contributed by atoms with Crippen LogP contribution in [0, 0.1) is 11.3 Å². The van der Waals surface area contributed by atoms with Crippen molar-refractivity contribution in [1.29, 1.82) is 0 Å². The van der Waals surface area contributed by atoms with E-state index in [2.05, 4.69) is 0 Å². The van der Waals surface area contributed by atoms with Gasteiger partial charge in [0.25, 0.3) is 0 Å². The van der Waals surface area contributed by atoms with Crippen molar-refractivity contribution >= 4 is 17.7 Å². The van der Waals surface area contributed by atoms with E-state index in [9.17, 15) is 14.4 Å². The van der Waals surface area contributed by atoms with Gasteiger partial charge in [-0.3, -0.25) is 14.4 Å². The number of carbonyl (C=O) groups excluding carboxylic acids is 1. The van der Waals surface area contributed by atoms with Crippen LogP contribution in [0.25, 0.3) is 0 Å². The van der Waals surface area contributed by atoms with Gasteiger partial charge in [0.1, 0.15) is 5.78 Å². The van der Waals surface area contributed by atoms with Crippen molar-refractivity contribution in [3.63, 3.8) is 0 Å². The molecule has 0 heterocycles. The minimum Gasteiger partial charge on any atom is -0.481 e. The Labute approximate surface area is 126 Å². The first-order valence-corrected chi connectivity index (χ1v) is 7.62. The number of ketones is 1. The van der Waals surface area contributed by atoms with Gasteiger partial charge in [0.2, 0.25) is 0 Å².